The lowest BCUT2D eigenvalue weighted by molar-refractivity contribution is -0.385. The van der Waals surface area contributed by atoms with Crippen LogP contribution in [0.15, 0.2) is 23.4 Å². The summed E-state index contributed by atoms with van der Waals surface area (Å²) < 4.78 is 0. The van der Waals surface area contributed by atoms with E-state index in [1.807, 2.05) is 0 Å². The van der Waals surface area contributed by atoms with E-state index in [9.17, 15) is 14.9 Å². The Morgan fingerprint density at radius 2 is 2.24 bits per heavy atom. The Morgan fingerprint density at radius 1 is 1.48 bits per heavy atom. The third kappa shape index (κ3) is 4.70. The quantitative estimate of drug-likeness (QED) is 0.513. The van der Waals surface area contributed by atoms with Gasteiger partial charge in [0.25, 0.3) is 5.69 Å². The molecule has 1 saturated carbocycles. The lowest BCUT2D eigenvalue weighted by Crippen LogP contribution is -2.41. The number of carbonyl (C=O) groups is 1. The summed E-state index contributed by atoms with van der Waals surface area (Å²) in [6.07, 6.45) is 5.85. The highest BCUT2D eigenvalue weighted by Crippen LogP contribution is 2.24. The maximum absolute atomic E-state index is 11.9. The van der Waals surface area contributed by atoms with E-state index in [1.54, 1.807) is 6.07 Å². The maximum atomic E-state index is 11.9. The zero-order valence-electron chi connectivity index (χ0n) is 11.9. The standard InChI is InChI=1S/C14H19N3O3S/c1-10-4-2-3-5-12(10)16-13(18)9-21-14-7-6-11(8-15-14)17(19)20/h6-8,10,12H,2-5,9H2,1H3,(H,16,18)/t10-,12+/m1/s1. The summed E-state index contributed by atoms with van der Waals surface area (Å²) in [7, 11) is 0. The lowest BCUT2D eigenvalue weighted by Gasteiger charge is -2.29. The summed E-state index contributed by atoms with van der Waals surface area (Å²) in [6.45, 7) is 2.18. The highest BCUT2D eigenvalue weighted by Gasteiger charge is 2.22. The van der Waals surface area contributed by atoms with Crippen molar-refractivity contribution < 1.29 is 9.72 Å². The van der Waals surface area contributed by atoms with E-state index in [4.69, 9.17) is 0 Å². The predicted molar refractivity (Wildman–Crippen MR) is 81.2 cm³/mol. The molecule has 1 aromatic rings. The summed E-state index contributed by atoms with van der Waals surface area (Å²) in [5, 5.41) is 14.2. The van der Waals surface area contributed by atoms with Gasteiger partial charge in [-0.3, -0.25) is 14.9 Å². The molecule has 0 bridgehead atoms. The van der Waals surface area contributed by atoms with Crippen LogP contribution in [0.4, 0.5) is 5.69 Å². The van der Waals surface area contributed by atoms with Gasteiger partial charge in [-0.1, -0.05) is 31.5 Å². The number of rotatable bonds is 5. The minimum atomic E-state index is -0.487. The molecule has 2 rings (SSSR count). The number of nitrogens with zero attached hydrogens (tertiary/aromatic N) is 2. The molecule has 7 heteroatoms. The van der Waals surface area contributed by atoms with Crippen molar-refractivity contribution in [2.24, 2.45) is 5.92 Å². The molecule has 0 spiro atoms. The number of nitrogens with one attached hydrogen (secondary N) is 1. The SMILES string of the molecule is C[C@@H]1CCCC[C@@H]1NC(=O)CSc1ccc([N+](=O)[O-])cn1. The maximum Gasteiger partial charge on any atom is 0.287 e. The van der Waals surface area contributed by atoms with Crippen LogP contribution in [0.5, 0.6) is 0 Å². The number of nitro groups is 1. The molecule has 0 radical (unpaired) electrons. The van der Waals surface area contributed by atoms with Crippen molar-refractivity contribution in [1.82, 2.24) is 10.3 Å². The van der Waals surface area contributed by atoms with E-state index in [0.717, 1.165) is 6.42 Å². The van der Waals surface area contributed by atoms with Gasteiger partial charge in [-0.15, -0.1) is 0 Å². The van der Waals surface area contributed by atoms with Gasteiger partial charge in [0.1, 0.15) is 6.20 Å². The fourth-order valence-corrected chi connectivity index (χ4v) is 3.14. The molecule has 1 fully saturated rings. The van der Waals surface area contributed by atoms with E-state index in [0.29, 0.717) is 10.9 Å². The molecular formula is C14H19N3O3S. The predicted octanol–water partition coefficient (Wildman–Crippen LogP) is 2.78. The summed E-state index contributed by atoms with van der Waals surface area (Å²) in [6, 6.07) is 3.24. The molecule has 2 atom stereocenters. The van der Waals surface area contributed by atoms with Crippen molar-refractivity contribution >= 4 is 23.4 Å². The van der Waals surface area contributed by atoms with Crippen LogP contribution in [0, 0.1) is 16.0 Å². The van der Waals surface area contributed by atoms with Crippen LogP contribution in [-0.4, -0.2) is 27.6 Å². The first kappa shape index (κ1) is 15.8. The first-order valence-electron chi connectivity index (χ1n) is 7.09. The van der Waals surface area contributed by atoms with Gasteiger partial charge in [0.2, 0.25) is 5.91 Å². The van der Waals surface area contributed by atoms with E-state index in [1.165, 1.54) is 43.3 Å². The van der Waals surface area contributed by atoms with E-state index in [2.05, 4.69) is 17.2 Å². The minimum absolute atomic E-state index is 0.00102. The first-order valence-corrected chi connectivity index (χ1v) is 8.07. The van der Waals surface area contributed by atoms with Gasteiger partial charge in [-0.05, 0) is 24.8 Å². The molecule has 1 aliphatic carbocycles. The van der Waals surface area contributed by atoms with Crippen LogP contribution in [0.2, 0.25) is 0 Å². The Labute approximate surface area is 127 Å². The van der Waals surface area contributed by atoms with E-state index in [-0.39, 0.29) is 23.4 Å². The first-order chi connectivity index (χ1) is 10.1. The molecular weight excluding hydrogens is 290 g/mol. The van der Waals surface area contributed by atoms with Gasteiger partial charge in [0, 0.05) is 12.1 Å². The molecule has 0 saturated heterocycles. The van der Waals surface area contributed by atoms with Crippen LogP contribution < -0.4 is 5.32 Å². The number of pyridine rings is 1. The van der Waals surface area contributed by atoms with Crippen LogP contribution in [0.3, 0.4) is 0 Å². The summed E-state index contributed by atoms with van der Waals surface area (Å²) in [4.78, 5) is 25.9. The monoisotopic (exact) mass is 309 g/mol. The summed E-state index contributed by atoms with van der Waals surface area (Å²) in [5.41, 5.74) is -0.0418. The second-order valence-corrected chi connectivity index (χ2v) is 6.33. The zero-order chi connectivity index (χ0) is 15.2. The number of hydrogen-bond acceptors (Lipinski definition) is 5. The van der Waals surface area contributed by atoms with Crippen LogP contribution in [0.25, 0.3) is 0 Å². The molecule has 0 aliphatic heterocycles. The number of amides is 1. The van der Waals surface area contributed by atoms with Crippen molar-refractivity contribution in [3.8, 4) is 0 Å². The third-order valence-electron chi connectivity index (χ3n) is 3.74. The van der Waals surface area contributed by atoms with Gasteiger partial charge in [0.05, 0.1) is 15.7 Å². The Kier molecular flexibility index (Phi) is 5.55. The van der Waals surface area contributed by atoms with Crippen molar-refractivity contribution in [2.75, 3.05) is 5.75 Å². The molecule has 1 N–H and O–H groups in total. The summed E-state index contributed by atoms with van der Waals surface area (Å²) in [5.74, 6) is 0.817. The van der Waals surface area contributed by atoms with E-state index >= 15 is 0 Å². The molecule has 0 aromatic carbocycles. The topological polar surface area (TPSA) is 85.1 Å². The fourth-order valence-electron chi connectivity index (χ4n) is 2.48. The zero-order valence-corrected chi connectivity index (χ0v) is 12.8. The molecule has 1 aliphatic rings. The molecule has 1 amide bonds. The number of aromatic nitrogens is 1. The largest absolute Gasteiger partial charge is 0.352 e. The normalized spacial score (nSPS) is 21.8. The number of carbonyl (C=O) groups excluding carboxylic acids is 1. The van der Waals surface area contributed by atoms with Gasteiger partial charge in [0.15, 0.2) is 0 Å². The van der Waals surface area contributed by atoms with Gasteiger partial charge in [-0.25, -0.2) is 4.98 Å². The van der Waals surface area contributed by atoms with Gasteiger partial charge in [-0.2, -0.15) is 0 Å². The van der Waals surface area contributed by atoms with Crippen LogP contribution >= 0.6 is 11.8 Å². The Morgan fingerprint density at radius 3 is 2.86 bits per heavy atom. The molecule has 114 valence electrons. The fraction of sp³-hybridized carbons (Fsp3) is 0.571. The summed E-state index contributed by atoms with van der Waals surface area (Å²) >= 11 is 1.29. The van der Waals surface area contributed by atoms with Crippen LogP contribution in [0.1, 0.15) is 32.6 Å². The number of hydrogen-bond donors (Lipinski definition) is 1. The minimum Gasteiger partial charge on any atom is -0.352 e. The highest BCUT2D eigenvalue weighted by molar-refractivity contribution is 7.99. The molecule has 1 heterocycles. The smallest absolute Gasteiger partial charge is 0.287 e. The average Bonchev–Trinajstić information content (AvgIpc) is 2.48. The van der Waals surface area contributed by atoms with E-state index < -0.39 is 4.92 Å². The lowest BCUT2D eigenvalue weighted by atomic mass is 9.86. The average molecular weight is 309 g/mol. The Balaban J connectivity index is 1.79. The second kappa shape index (κ2) is 7.40. The van der Waals surface area contributed by atoms with Crippen molar-refractivity contribution in [3.05, 3.63) is 28.4 Å². The molecule has 6 nitrogen and oxygen atoms in total. The van der Waals surface area contributed by atoms with Gasteiger partial charge < -0.3 is 5.32 Å². The molecule has 21 heavy (non-hydrogen) atoms. The number of thioether (sulfide) groups is 1. The van der Waals surface area contributed by atoms with Crippen molar-refractivity contribution in [1.29, 1.82) is 0 Å². The highest BCUT2D eigenvalue weighted by atomic mass is 32.2. The van der Waals surface area contributed by atoms with Crippen LogP contribution in [-0.2, 0) is 4.79 Å². The Hall–Kier alpha value is -1.63. The third-order valence-corrected chi connectivity index (χ3v) is 4.68. The van der Waals surface area contributed by atoms with Crippen molar-refractivity contribution in [2.45, 2.75) is 43.7 Å². The van der Waals surface area contributed by atoms with Crippen molar-refractivity contribution in [3.63, 3.8) is 0 Å². The second-order valence-electron chi connectivity index (χ2n) is 5.34. The molecule has 0 unspecified atom stereocenters. The Bertz CT molecular complexity index is 507. The molecule has 1 aromatic heterocycles. The van der Waals surface area contributed by atoms with Gasteiger partial charge >= 0.3 is 0 Å².